The van der Waals surface area contributed by atoms with Crippen LogP contribution in [0.1, 0.15) is 27.2 Å². The maximum atomic E-state index is 12.8. The van der Waals surface area contributed by atoms with Crippen molar-refractivity contribution < 1.29 is 14.3 Å². The first-order chi connectivity index (χ1) is 8.91. The first-order valence-corrected chi connectivity index (χ1v) is 7.10. The average molecular weight is 270 g/mol. The highest BCUT2D eigenvalue weighted by Gasteiger charge is 2.71. The Hall–Kier alpha value is -0.650. The Morgan fingerprint density at radius 2 is 2.21 bits per heavy atom. The topological polar surface area (TPSA) is 64.8 Å². The molecule has 0 bridgehead atoms. The molecule has 2 aliphatic rings. The van der Waals surface area contributed by atoms with Crippen molar-refractivity contribution in [2.75, 3.05) is 33.4 Å². The van der Waals surface area contributed by atoms with E-state index in [0.29, 0.717) is 19.7 Å². The van der Waals surface area contributed by atoms with Gasteiger partial charge in [0.15, 0.2) is 0 Å². The van der Waals surface area contributed by atoms with Crippen LogP contribution >= 0.6 is 0 Å². The summed E-state index contributed by atoms with van der Waals surface area (Å²) < 4.78 is 10.8. The van der Waals surface area contributed by atoms with E-state index in [-0.39, 0.29) is 23.3 Å². The van der Waals surface area contributed by atoms with Crippen molar-refractivity contribution in [3.8, 4) is 0 Å². The van der Waals surface area contributed by atoms with Crippen LogP contribution in [0.3, 0.4) is 0 Å². The second-order valence-electron chi connectivity index (χ2n) is 6.15. The smallest absolute Gasteiger partial charge is 0.243 e. The largest absolute Gasteiger partial charge is 0.383 e. The molecular formula is C14H26N2O3. The molecule has 2 fully saturated rings. The second kappa shape index (κ2) is 5.04. The van der Waals surface area contributed by atoms with E-state index in [2.05, 4.69) is 0 Å². The summed E-state index contributed by atoms with van der Waals surface area (Å²) in [5, 5.41) is 0. The van der Waals surface area contributed by atoms with E-state index in [1.54, 1.807) is 12.0 Å². The molecule has 0 aromatic carbocycles. The second-order valence-corrected chi connectivity index (χ2v) is 6.15. The van der Waals surface area contributed by atoms with Gasteiger partial charge in [0.1, 0.15) is 5.54 Å². The van der Waals surface area contributed by atoms with Crippen LogP contribution in [0.15, 0.2) is 0 Å². The van der Waals surface area contributed by atoms with Crippen LogP contribution in [0.4, 0.5) is 0 Å². The van der Waals surface area contributed by atoms with Crippen LogP contribution in [0.5, 0.6) is 0 Å². The summed E-state index contributed by atoms with van der Waals surface area (Å²) in [4.78, 5) is 14.6. The minimum Gasteiger partial charge on any atom is -0.383 e. The van der Waals surface area contributed by atoms with Gasteiger partial charge in [0, 0.05) is 38.1 Å². The molecule has 3 atom stereocenters. The highest BCUT2D eigenvalue weighted by Crippen LogP contribution is 2.58. The Morgan fingerprint density at radius 3 is 2.79 bits per heavy atom. The third-order valence-electron chi connectivity index (χ3n) is 5.04. The number of methoxy groups -OCH3 is 1. The number of ether oxygens (including phenoxy) is 2. The first kappa shape index (κ1) is 14.8. The van der Waals surface area contributed by atoms with E-state index < -0.39 is 5.54 Å². The number of fused-ring (bicyclic) bond motifs is 1. The zero-order valence-electron chi connectivity index (χ0n) is 12.4. The summed E-state index contributed by atoms with van der Waals surface area (Å²) in [7, 11) is 1.64. The Labute approximate surface area is 115 Å². The Balaban J connectivity index is 2.16. The number of hydrogen-bond acceptors (Lipinski definition) is 4. The Bertz CT molecular complexity index is 359. The Kier molecular flexibility index (Phi) is 3.91. The monoisotopic (exact) mass is 270 g/mol. The molecule has 2 rings (SSSR count). The summed E-state index contributed by atoms with van der Waals surface area (Å²) in [5.74, 6) is 0.204. The van der Waals surface area contributed by atoms with Gasteiger partial charge in [0.05, 0.1) is 12.7 Å². The summed E-state index contributed by atoms with van der Waals surface area (Å²) >= 11 is 0. The maximum Gasteiger partial charge on any atom is 0.243 e. The molecule has 1 saturated heterocycles. The van der Waals surface area contributed by atoms with Gasteiger partial charge in [0.2, 0.25) is 5.91 Å². The van der Waals surface area contributed by atoms with Crippen molar-refractivity contribution in [2.45, 2.75) is 38.8 Å². The van der Waals surface area contributed by atoms with Crippen molar-refractivity contribution in [1.29, 1.82) is 0 Å². The van der Waals surface area contributed by atoms with E-state index in [1.165, 1.54) is 0 Å². The fraction of sp³-hybridized carbons (Fsp3) is 0.929. The van der Waals surface area contributed by atoms with Gasteiger partial charge < -0.3 is 20.1 Å². The van der Waals surface area contributed by atoms with E-state index in [9.17, 15) is 4.79 Å². The van der Waals surface area contributed by atoms with Crippen LogP contribution in [0.2, 0.25) is 0 Å². The number of carbonyl (C=O) groups is 1. The number of hydrogen-bond donors (Lipinski definition) is 1. The Morgan fingerprint density at radius 1 is 1.53 bits per heavy atom. The highest BCUT2D eigenvalue weighted by molar-refractivity contribution is 5.89. The minimum absolute atomic E-state index is 0.0452. The quantitative estimate of drug-likeness (QED) is 0.795. The number of nitrogens with two attached hydrogens (primary N) is 1. The molecule has 1 saturated carbocycles. The van der Waals surface area contributed by atoms with E-state index in [4.69, 9.17) is 15.2 Å². The van der Waals surface area contributed by atoms with E-state index >= 15 is 0 Å². The third kappa shape index (κ3) is 1.90. The third-order valence-corrected chi connectivity index (χ3v) is 5.04. The standard InChI is InChI=1S/C14H26N2O3/c1-5-16(7-9-18-4)12(17)14(15)10-6-8-19-11(10)13(14,2)3/h10-11H,5-9,15H2,1-4H3. The highest BCUT2D eigenvalue weighted by atomic mass is 16.5. The molecule has 1 amide bonds. The summed E-state index contributed by atoms with van der Waals surface area (Å²) in [5.41, 5.74) is 5.45. The lowest BCUT2D eigenvalue weighted by Gasteiger charge is -2.61. The SMILES string of the molecule is CCN(CCOC)C(=O)C1(N)C2CCOC2C1(C)C. The molecule has 110 valence electrons. The molecule has 0 aromatic heterocycles. The van der Waals surface area contributed by atoms with Crippen molar-refractivity contribution in [3.05, 3.63) is 0 Å². The summed E-state index contributed by atoms with van der Waals surface area (Å²) in [6.45, 7) is 8.58. The van der Waals surface area contributed by atoms with Crippen LogP contribution in [0.25, 0.3) is 0 Å². The number of carbonyl (C=O) groups excluding carboxylic acids is 1. The van der Waals surface area contributed by atoms with Crippen LogP contribution in [-0.4, -0.2) is 55.9 Å². The molecule has 3 unspecified atom stereocenters. The van der Waals surface area contributed by atoms with Crippen LogP contribution < -0.4 is 5.73 Å². The van der Waals surface area contributed by atoms with Crippen LogP contribution in [-0.2, 0) is 14.3 Å². The lowest BCUT2D eigenvalue weighted by Crippen LogP contribution is -2.80. The molecule has 0 spiro atoms. The number of rotatable bonds is 5. The molecular weight excluding hydrogens is 244 g/mol. The molecule has 1 aliphatic heterocycles. The molecule has 0 radical (unpaired) electrons. The minimum atomic E-state index is -0.794. The number of nitrogens with zero attached hydrogens (tertiary/aromatic N) is 1. The van der Waals surface area contributed by atoms with E-state index in [0.717, 1.165) is 13.0 Å². The van der Waals surface area contributed by atoms with Gasteiger partial charge in [-0.1, -0.05) is 13.8 Å². The molecule has 1 heterocycles. The van der Waals surface area contributed by atoms with Gasteiger partial charge >= 0.3 is 0 Å². The predicted octanol–water partition coefficient (Wildman–Crippen LogP) is 0.624. The maximum absolute atomic E-state index is 12.8. The molecule has 0 aromatic rings. The van der Waals surface area contributed by atoms with Gasteiger partial charge in [-0.3, -0.25) is 4.79 Å². The van der Waals surface area contributed by atoms with Gasteiger partial charge in [-0.15, -0.1) is 0 Å². The zero-order valence-corrected chi connectivity index (χ0v) is 12.4. The molecule has 19 heavy (non-hydrogen) atoms. The summed E-state index contributed by atoms with van der Waals surface area (Å²) in [6.07, 6.45) is 1.01. The van der Waals surface area contributed by atoms with E-state index in [1.807, 2.05) is 20.8 Å². The van der Waals surface area contributed by atoms with Gasteiger partial charge in [-0.05, 0) is 13.3 Å². The number of amides is 1. The van der Waals surface area contributed by atoms with Gasteiger partial charge in [-0.2, -0.15) is 0 Å². The normalized spacial score (nSPS) is 35.6. The molecule has 5 nitrogen and oxygen atoms in total. The molecule has 2 N–H and O–H groups in total. The van der Waals surface area contributed by atoms with Crippen molar-refractivity contribution >= 4 is 5.91 Å². The molecule has 5 heteroatoms. The lowest BCUT2D eigenvalue weighted by molar-refractivity contribution is -0.184. The van der Waals surface area contributed by atoms with Crippen LogP contribution in [0, 0.1) is 11.3 Å². The van der Waals surface area contributed by atoms with Crippen molar-refractivity contribution in [1.82, 2.24) is 4.90 Å². The fourth-order valence-corrected chi connectivity index (χ4v) is 3.68. The summed E-state index contributed by atoms with van der Waals surface area (Å²) in [6, 6.07) is 0. The lowest BCUT2D eigenvalue weighted by atomic mass is 9.47. The molecule has 1 aliphatic carbocycles. The fourth-order valence-electron chi connectivity index (χ4n) is 3.68. The van der Waals surface area contributed by atoms with Crippen molar-refractivity contribution in [2.24, 2.45) is 17.1 Å². The number of likely N-dealkylation sites (N-methyl/N-ethyl adjacent to an activating group) is 1. The van der Waals surface area contributed by atoms with Gasteiger partial charge in [0.25, 0.3) is 0 Å². The predicted molar refractivity (Wildman–Crippen MR) is 72.7 cm³/mol. The van der Waals surface area contributed by atoms with Gasteiger partial charge in [-0.25, -0.2) is 0 Å². The first-order valence-electron chi connectivity index (χ1n) is 7.10. The zero-order chi connectivity index (χ0) is 14.3. The average Bonchev–Trinajstić information content (AvgIpc) is 2.86. The van der Waals surface area contributed by atoms with Crippen molar-refractivity contribution in [3.63, 3.8) is 0 Å².